The third-order valence-electron chi connectivity index (χ3n) is 4.01. The van der Waals surface area contributed by atoms with Crippen molar-refractivity contribution in [3.8, 4) is 11.5 Å². The van der Waals surface area contributed by atoms with E-state index in [4.69, 9.17) is 18.9 Å². The second kappa shape index (κ2) is 13.0. The molecule has 7 nitrogen and oxygen atoms in total. The second-order valence-electron chi connectivity index (χ2n) is 5.72. The number of ether oxygens (including phenoxy) is 4. The van der Waals surface area contributed by atoms with Crippen LogP contribution in [0.5, 0.6) is 11.5 Å². The van der Waals surface area contributed by atoms with E-state index in [-0.39, 0.29) is 30.1 Å². The summed E-state index contributed by atoms with van der Waals surface area (Å²) >= 11 is 0. The molecule has 0 bridgehead atoms. The van der Waals surface area contributed by atoms with Crippen LogP contribution in [-0.4, -0.2) is 59.7 Å². The second-order valence-corrected chi connectivity index (χ2v) is 5.72. The fourth-order valence-electron chi connectivity index (χ4n) is 2.67. The van der Waals surface area contributed by atoms with Gasteiger partial charge >= 0.3 is 0 Å². The van der Waals surface area contributed by atoms with Crippen LogP contribution in [0.1, 0.15) is 18.4 Å². The van der Waals surface area contributed by atoms with Gasteiger partial charge in [0.1, 0.15) is 0 Å². The van der Waals surface area contributed by atoms with Crippen molar-refractivity contribution in [1.29, 1.82) is 0 Å². The molecule has 1 aliphatic heterocycles. The van der Waals surface area contributed by atoms with E-state index in [0.29, 0.717) is 6.54 Å². The first kappa shape index (κ1) is 22.8. The zero-order chi connectivity index (χ0) is 17.9. The number of nitrogens with one attached hydrogen (secondary N) is 2. The molecule has 26 heavy (non-hydrogen) atoms. The standard InChI is InChI=1S/C18H29N3O4.HI/c1-19-18(20-9-5-10-25-15-8-11-24-13-15)21-12-14-6-4-7-16(22-2)17(14)23-3;/h4,6-7,15H,5,8-13H2,1-3H3,(H2,19,20,21);1H. The number of para-hydroxylation sites is 1. The lowest BCUT2D eigenvalue weighted by atomic mass is 10.2. The predicted octanol–water partition coefficient (Wildman–Crippen LogP) is 2.18. The third-order valence-corrected chi connectivity index (χ3v) is 4.01. The van der Waals surface area contributed by atoms with Crippen molar-refractivity contribution in [3.05, 3.63) is 23.8 Å². The van der Waals surface area contributed by atoms with Gasteiger partial charge < -0.3 is 29.6 Å². The van der Waals surface area contributed by atoms with Gasteiger partial charge in [-0.3, -0.25) is 4.99 Å². The smallest absolute Gasteiger partial charge is 0.191 e. The van der Waals surface area contributed by atoms with Gasteiger partial charge in [0.15, 0.2) is 17.5 Å². The highest BCUT2D eigenvalue weighted by atomic mass is 127. The largest absolute Gasteiger partial charge is 0.493 e. The van der Waals surface area contributed by atoms with E-state index < -0.39 is 0 Å². The molecule has 1 saturated heterocycles. The summed E-state index contributed by atoms with van der Waals surface area (Å²) in [7, 11) is 5.03. The van der Waals surface area contributed by atoms with Gasteiger partial charge in [-0.15, -0.1) is 24.0 Å². The van der Waals surface area contributed by atoms with Gasteiger partial charge in [0.2, 0.25) is 0 Å². The van der Waals surface area contributed by atoms with Crippen LogP contribution in [0, 0.1) is 0 Å². The minimum Gasteiger partial charge on any atom is -0.493 e. The van der Waals surface area contributed by atoms with Crippen LogP contribution in [0.3, 0.4) is 0 Å². The Morgan fingerprint density at radius 2 is 2.12 bits per heavy atom. The Morgan fingerprint density at radius 1 is 1.27 bits per heavy atom. The number of hydrogen-bond donors (Lipinski definition) is 2. The Kier molecular flexibility index (Phi) is 11.4. The quantitative estimate of drug-likeness (QED) is 0.245. The number of guanidine groups is 1. The number of aliphatic imine (C=N–C) groups is 1. The molecule has 2 N–H and O–H groups in total. The lowest BCUT2D eigenvalue weighted by molar-refractivity contribution is 0.0420. The van der Waals surface area contributed by atoms with Crippen LogP contribution in [0.4, 0.5) is 0 Å². The molecule has 148 valence electrons. The van der Waals surface area contributed by atoms with Crippen molar-refractivity contribution in [2.75, 3.05) is 47.6 Å². The average Bonchev–Trinajstić information content (AvgIpc) is 3.16. The van der Waals surface area contributed by atoms with Crippen molar-refractivity contribution in [2.45, 2.75) is 25.5 Å². The first-order valence-electron chi connectivity index (χ1n) is 8.62. The molecule has 8 heteroatoms. The lowest BCUT2D eigenvalue weighted by Gasteiger charge is -2.15. The monoisotopic (exact) mass is 479 g/mol. The fourth-order valence-corrected chi connectivity index (χ4v) is 2.67. The van der Waals surface area contributed by atoms with E-state index in [1.165, 1.54) is 0 Å². The summed E-state index contributed by atoms with van der Waals surface area (Å²) in [5, 5.41) is 6.57. The van der Waals surface area contributed by atoms with E-state index in [9.17, 15) is 0 Å². The molecule has 1 aromatic carbocycles. The van der Waals surface area contributed by atoms with Crippen LogP contribution in [0.15, 0.2) is 23.2 Å². The Labute approximate surface area is 172 Å². The van der Waals surface area contributed by atoms with Crippen molar-refractivity contribution >= 4 is 29.9 Å². The molecule has 1 heterocycles. The summed E-state index contributed by atoms with van der Waals surface area (Å²) in [5.74, 6) is 2.20. The SMILES string of the molecule is CN=C(NCCCOC1CCOC1)NCc1cccc(OC)c1OC.I. The van der Waals surface area contributed by atoms with Crippen LogP contribution < -0.4 is 20.1 Å². The summed E-state index contributed by atoms with van der Waals surface area (Å²) in [6.45, 7) is 3.65. The first-order valence-corrected chi connectivity index (χ1v) is 8.62. The zero-order valence-corrected chi connectivity index (χ0v) is 18.1. The van der Waals surface area contributed by atoms with Crippen molar-refractivity contribution in [1.82, 2.24) is 10.6 Å². The maximum atomic E-state index is 5.75. The molecule has 0 saturated carbocycles. The minimum atomic E-state index is 0. The van der Waals surface area contributed by atoms with Gasteiger partial charge in [0.25, 0.3) is 0 Å². The van der Waals surface area contributed by atoms with E-state index >= 15 is 0 Å². The van der Waals surface area contributed by atoms with Gasteiger partial charge in [-0.1, -0.05) is 12.1 Å². The number of benzene rings is 1. The van der Waals surface area contributed by atoms with E-state index in [1.807, 2.05) is 18.2 Å². The molecule has 1 aliphatic rings. The maximum absolute atomic E-state index is 5.75. The fraction of sp³-hybridized carbons (Fsp3) is 0.611. The number of methoxy groups -OCH3 is 2. The average molecular weight is 479 g/mol. The summed E-state index contributed by atoms with van der Waals surface area (Å²) in [4.78, 5) is 4.24. The molecule has 2 rings (SSSR count). The number of halogens is 1. The minimum absolute atomic E-state index is 0. The van der Waals surface area contributed by atoms with E-state index in [1.54, 1.807) is 21.3 Å². The molecule has 0 aliphatic carbocycles. The van der Waals surface area contributed by atoms with Crippen molar-refractivity contribution in [2.24, 2.45) is 4.99 Å². The van der Waals surface area contributed by atoms with E-state index in [2.05, 4.69) is 15.6 Å². The number of rotatable bonds is 9. The predicted molar refractivity (Wildman–Crippen MR) is 113 cm³/mol. The molecule has 0 amide bonds. The summed E-state index contributed by atoms with van der Waals surface area (Å²) in [6.07, 6.45) is 2.18. The Hall–Kier alpha value is -1.26. The molecule has 0 aromatic heterocycles. The summed E-state index contributed by atoms with van der Waals surface area (Å²) in [6, 6.07) is 5.82. The molecule has 1 aromatic rings. The van der Waals surface area contributed by atoms with Crippen LogP contribution in [0.2, 0.25) is 0 Å². The van der Waals surface area contributed by atoms with E-state index in [0.717, 1.165) is 62.2 Å². The molecule has 0 spiro atoms. The van der Waals surface area contributed by atoms with Gasteiger partial charge in [-0.2, -0.15) is 0 Å². The van der Waals surface area contributed by atoms with Crippen molar-refractivity contribution < 1.29 is 18.9 Å². The molecule has 1 unspecified atom stereocenters. The molecular formula is C18H30IN3O4. The summed E-state index contributed by atoms with van der Waals surface area (Å²) < 4.78 is 21.8. The van der Waals surface area contributed by atoms with Crippen LogP contribution in [0.25, 0.3) is 0 Å². The molecule has 0 radical (unpaired) electrons. The highest BCUT2D eigenvalue weighted by molar-refractivity contribution is 14.0. The normalized spacial score (nSPS) is 16.7. The Morgan fingerprint density at radius 3 is 2.77 bits per heavy atom. The summed E-state index contributed by atoms with van der Waals surface area (Å²) in [5.41, 5.74) is 1.01. The van der Waals surface area contributed by atoms with Crippen molar-refractivity contribution in [3.63, 3.8) is 0 Å². The van der Waals surface area contributed by atoms with Gasteiger partial charge in [0.05, 0.1) is 26.9 Å². The first-order chi connectivity index (χ1) is 12.3. The molecule has 1 fully saturated rings. The zero-order valence-electron chi connectivity index (χ0n) is 15.7. The lowest BCUT2D eigenvalue weighted by Crippen LogP contribution is -2.37. The van der Waals surface area contributed by atoms with Gasteiger partial charge in [-0.25, -0.2) is 0 Å². The molecular weight excluding hydrogens is 449 g/mol. The Bertz CT molecular complexity index is 551. The number of nitrogens with zero attached hydrogens (tertiary/aromatic N) is 1. The van der Waals surface area contributed by atoms with Crippen LogP contribution >= 0.6 is 24.0 Å². The van der Waals surface area contributed by atoms with Gasteiger partial charge in [-0.05, 0) is 18.9 Å². The maximum Gasteiger partial charge on any atom is 0.191 e. The van der Waals surface area contributed by atoms with Crippen LogP contribution in [-0.2, 0) is 16.0 Å². The topological polar surface area (TPSA) is 73.3 Å². The van der Waals surface area contributed by atoms with Gasteiger partial charge in [0, 0.05) is 38.9 Å². The third kappa shape index (κ3) is 7.16. The highest BCUT2D eigenvalue weighted by Gasteiger charge is 2.15. The number of hydrogen-bond acceptors (Lipinski definition) is 5. The highest BCUT2D eigenvalue weighted by Crippen LogP contribution is 2.30. The molecule has 1 atom stereocenters. The Balaban J connectivity index is 0.00000338.